The van der Waals surface area contributed by atoms with Crippen LogP contribution in [0.2, 0.25) is 0 Å². The Morgan fingerprint density at radius 2 is 1.76 bits per heavy atom. The van der Waals surface area contributed by atoms with Gasteiger partial charge in [-0.25, -0.2) is 8.42 Å². The lowest BCUT2D eigenvalue weighted by Gasteiger charge is -2.37. The second-order valence-electron chi connectivity index (χ2n) is 10.3. The maximum atomic E-state index is 13.6. The standard InChI is InChI=1S/C27H30N4O5S/c1-16(17-9-5-4-6-10-17)29-25(33)21(13-18-15-28-20-12-8-7-11-19(18)20)30-26(34)24-27(2,3)37(35,36)23-14-22(32)31(23)24/h4-12,15-16,21,23-24,28H,13-14H2,1-3H3,(H,29,33)(H,30,34)/t16-,21+,23-,24+/m0/s1. The summed E-state index contributed by atoms with van der Waals surface area (Å²) < 4.78 is 24.5. The number of H-pyrrole nitrogens is 1. The van der Waals surface area contributed by atoms with Crippen LogP contribution in [-0.2, 0) is 30.6 Å². The molecular formula is C27H30N4O5S. The molecule has 2 fully saturated rings. The summed E-state index contributed by atoms with van der Waals surface area (Å²) >= 11 is 0. The Hall–Kier alpha value is -3.66. The molecule has 0 radical (unpaired) electrons. The third-order valence-electron chi connectivity index (χ3n) is 7.61. The Morgan fingerprint density at radius 3 is 2.46 bits per heavy atom. The summed E-state index contributed by atoms with van der Waals surface area (Å²) in [4.78, 5) is 43.8. The average Bonchev–Trinajstić information content (AvgIpc) is 3.32. The minimum atomic E-state index is -3.74. The molecule has 4 atom stereocenters. The first kappa shape index (κ1) is 25.0. The van der Waals surface area contributed by atoms with E-state index in [-0.39, 0.29) is 24.8 Å². The molecule has 194 valence electrons. The van der Waals surface area contributed by atoms with Gasteiger partial charge in [0.1, 0.15) is 17.5 Å². The van der Waals surface area contributed by atoms with Gasteiger partial charge in [0.25, 0.3) is 0 Å². The maximum Gasteiger partial charge on any atom is 0.245 e. The molecule has 2 aliphatic rings. The summed E-state index contributed by atoms with van der Waals surface area (Å²) in [5.74, 6) is -1.44. The highest BCUT2D eigenvalue weighted by Crippen LogP contribution is 2.45. The molecule has 3 N–H and O–H groups in total. The van der Waals surface area contributed by atoms with Crippen molar-refractivity contribution in [3.05, 3.63) is 71.9 Å². The van der Waals surface area contributed by atoms with Crippen molar-refractivity contribution < 1.29 is 22.8 Å². The van der Waals surface area contributed by atoms with E-state index < -0.39 is 43.9 Å². The summed E-state index contributed by atoms with van der Waals surface area (Å²) in [6.07, 6.45) is 1.86. The molecule has 3 heterocycles. The Morgan fingerprint density at radius 1 is 1.08 bits per heavy atom. The number of amides is 3. The van der Waals surface area contributed by atoms with Crippen molar-refractivity contribution in [2.75, 3.05) is 0 Å². The number of β-lactam (4-membered cyclic amide) rings is 1. The fraction of sp³-hybridized carbons (Fsp3) is 0.370. The third-order valence-corrected chi connectivity index (χ3v) is 10.4. The number of carbonyl (C=O) groups is 3. The fourth-order valence-corrected chi connectivity index (χ4v) is 7.51. The van der Waals surface area contributed by atoms with Crippen molar-refractivity contribution in [1.29, 1.82) is 0 Å². The van der Waals surface area contributed by atoms with E-state index in [0.29, 0.717) is 0 Å². The molecular weight excluding hydrogens is 492 g/mol. The zero-order valence-electron chi connectivity index (χ0n) is 20.9. The minimum Gasteiger partial charge on any atom is -0.361 e. The highest BCUT2D eigenvalue weighted by Gasteiger charge is 2.67. The van der Waals surface area contributed by atoms with Gasteiger partial charge >= 0.3 is 0 Å². The number of hydrogen-bond donors (Lipinski definition) is 3. The molecule has 0 unspecified atom stereocenters. The number of aromatic nitrogens is 1. The van der Waals surface area contributed by atoms with Gasteiger partial charge in [0.15, 0.2) is 9.84 Å². The lowest BCUT2D eigenvalue weighted by Crippen LogP contribution is -2.62. The average molecular weight is 523 g/mol. The van der Waals surface area contributed by atoms with Gasteiger partial charge in [0, 0.05) is 23.5 Å². The molecule has 3 aromatic rings. The molecule has 9 nitrogen and oxygen atoms in total. The van der Waals surface area contributed by atoms with Crippen LogP contribution in [0.4, 0.5) is 0 Å². The van der Waals surface area contributed by atoms with Gasteiger partial charge in [-0.1, -0.05) is 48.5 Å². The van der Waals surface area contributed by atoms with Gasteiger partial charge in [-0.05, 0) is 38.0 Å². The van der Waals surface area contributed by atoms with Gasteiger partial charge in [-0.15, -0.1) is 0 Å². The predicted molar refractivity (Wildman–Crippen MR) is 139 cm³/mol. The largest absolute Gasteiger partial charge is 0.361 e. The number of benzene rings is 2. The molecule has 0 aliphatic carbocycles. The van der Waals surface area contributed by atoms with Crippen LogP contribution >= 0.6 is 0 Å². The summed E-state index contributed by atoms with van der Waals surface area (Å²) in [5.41, 5.74) is 2.64. The number of para-hydroxylation sites is 1. The number of aromatic amines is 1. The first-order chi connectivity index (χ1) is 17.5. The zero-order chi connectivity index (χ0) is 26.5. The Balaban J connectivity index is 1.43. The fourth-order valence-electron chi connectivity index (χ4n) is 5.37. The molecule has 5 rings (SSSR count). The molecule has 37 heavy (non-hydrogen) atoms. The maximum absolute atomic E-state index is 13.6. The number of rotatable bonds is 7. The highest BCUT2D eigenvalue weighted by molar-refractivity contribution is 7.93. The van der Waals surface area contributed by atoms with Crippen molar-refractivity contribution in [3.8, 4) is 0 Å². The number of hydrogen-bond acceptors (Lipinski definition) is 5. The van der Waals surface area contributed by atoms with E-state index in [0.717, 1.165) is 26.9 Å². The van der Waals surface area contributed by atoms with E-state index in [4.69, 9.17) is 0 Å². The zero-order valence-corrected chi connectivity index (χ0v) is 21.7. The Labute approximate surface area is 215 Å². The van der Waals surface area contributed by atoms with Crippen LogP contribution in [0.1, 0.15) is 44.4 Å². The van der Waals surface area contributed by atoms with Gasteiger partial charge in [-0.2, -0.15) is 0 Å². The van der Waals surface area contributed by atoms with Crippen LogP contribution < -0.4 is 10.6 Å². The number of carbonyl (C=O) groups excluding carboxylic acids is 3. The molecule has 2 aliphatic heterocycles. The summed E-state index contributed by atoms with van der Waals surface area (Å²) in [7, 11) is -3.74. The third kappa shape index (κ3) is 4.09. The van der Waals surface area contributed by atoms with Gasteiger partial charge in [0.2, 0.25) is 17.7 Å². The summed E-state index contributed by atoms with van der Waals surface area (Å²) in [6.45, 7) is 4.78. The SMILES string of the molecule is C[C@H](NC(=O)[C@@H](Cc1c[nH]c2ccccc12)NC(=O)[C@H]1N2C(=O)C[C@@H]2S(=O)(=O)C1(C)C)c1ccccc1. The van der Waals surface area contributed by atoms with E-state index in [2.05, 4.69) is 15.6 Å². The predicted octanol–water partition coefficient (Wildman–Crippen LogP) is 2.21. The number of nitrogens with one attached hydrogen (secondary N) is 3. The van der Waals surface area contributed by atoms with Crippen molar-refractivity contribution in [1.82, 2.24) is 20.5 Å². The van der Waals surface area contributed by atoms with E-state index in [1.807, 2.05) is 61.5 Å². The topological polar surface area (TPSA) is 128 Å². The summed E-state index contributed by atoms with van der Waals surface area (Å²) in [5, 5.41) is 5.69. The van der Waals surface area contributed by atoms with Crippen LogP contribution in [-0.4, -0.2) is 58.2 Å². The molecule has 0 saturated carbocycles. The smallest absolute Gasteiger partial charge is 0.245 e. The van der Waals surface area contributed by atoms with Crippen LogP contribution in [0.15, 0.2) is 60.8 Å². The van der Waals surface area contributed by atoms with E-state index >= 15 is 0 Å². The van der Waals surface area contributed by atoms with E-state index in [1.54, 1.807) is 6.20 Å². The monoisotopic (exact) mass is 522 g/mol. The highest BCUT2D eigenvalue weighted by atomic mass is 32.2. The number of fused-ring (bicyclic) bond motifs is 2. The van der Waals surface area contributed by atoms with Gasteiger partial charge in [0.05, 0.1) is 17.2 Å². The van der Waals surface area contributed by atoms with Crippen LogP contribution in [0.25, 0.3) is 10.9 Å². The number of sulfone groups is 1. The first-order valence-corrected chi connectivity index (χ1v) is 13.8. The quantitative estimate of drug-likeness (QED) is 0.410. The first-order valence-electron chi connectivity index (χ1n) is 12.3. The molecule has 0 bridgehead atoms. The number of nitrogens with zero attached hydrogens (tertiary/aromatic N) is 1. The van der Waals surface area contributed by atoms with Gasteiger partial charge in [-0.3, -0.25) is 14.4 Å². The normalized spacial score (nSPS) is 23.1. The minimum absolute atomic E-state index is 0.122. The second-order valence-corrected chi connectivity index (χ2v) is 13.0. The molecule has 10 heteroatoms. The lowest BCUT2D eigenvalue weighted by atomic mass is 9.96. The molecule has 2 aromatic carbocycles. The van der Waals surface area contributed by atoms with Crippen molar-refractivity contribution in [3.63, 3.8) is 0 Å². The van der Waals surface area contributed by atoms with E-state index in [9.17, 15) is 22.8 Å². The molecule has 1 aromatic heterocycles. The van der Waals surface area contributed by atoms with Gasteiger partial charge < -0.3 is 20.5 Å². The molecule has 3 amide bonds. The lowest BCUT2D eigenvalue weighted by molar-refractivity contribution is -0.150. The van der Waals surface area contributed by atoms with Crippen LogP contribution in [0.3, 0.4) is 0 Å². The van der Waals surface area contributed by atoms with Crippen molar-refractivity contribution in [2.45, 2.75) is 61.9 Å². The second kappa shape index (κ2) is 9.02. The molecule has 2 saturated heterocycles. The summed E-state index contributed by atoms with van der Waals surface area (Å²) in [6, 6.07) is 14.6. The van der Waals surface area contributed by atoms with Crippen molar-refractivity contribution in [2.24, 2.45) is 0 Å². The van der Waals surface area contributed by atoms with Crippen LogP contribution in [0, 0.1) is 0 Å². The Bertz CT molecular complexity index is 1480. The van der Waals surface area contributed by atoms with Crippen LogP contribution in [0.5, 0.6) is 0 Å². The van der Waals surface area contributed by atoms with Crippen molar-refractivity contribution >= 4 is 38.5 Å². The molecule has 0 spiro atoms. The van der Waals surface area contributed by atoms with E-state index in [1.165, 1.54) is 13.8 Å². The Kier molecular flexibility index (Phi) is 6.10.